The molecule has 0 aliphatic rings. The Morgan fingerprint density at radius 1 is 1.06 bits per heavy atom. The normalized spacial score (nSPS) is 14.4. The van der Waals surface area contributed by atoms with E-state index in [-0.39, 0.29) is 0 Å². The fraction of sp³-hybridized carbons (Fsp3) is 0.286. The molecule has 1 unspecified atom stereocenters. The summed E-state index contributed by atoms with van der Waals surface area (Å²) in [5.41, 5.74) is 0.441. The first kappa shape index (κ1) is 14.3. The van der Waals surface area contributed by atoms with Crippen LogP contribution in [0.25, 0.3) is 0 Å². The van der Waals surface area contributed by atoms with Gasteiger partial charge in [0.2, 0.25) is 0 Å². The molecule has 2 rings (SSSR count). The molecule has 18 heavy (non-hydrogen) atoms. The third-order valence-electron chi connectivity index (χ3n) is 2.68. The molecule has 96 valence electrons. The Labute approximate surface area is 128 Å². The Balaban J connectivity index is 2.04. The summed E-state index contributed by atoms with van der Waals surface area (Å²) in [6, 6.07) is 12.2. The minimum atomic E-state index is -0.710. The van der Waals surface area contributed by atoms with E-state index in [4.69, 9.17) is 0 Å². The van der Waals surface area contributed by atoms with Gasteiger partial charge in [0.1, 0.15) is 0 Å². The molecule has 0 amide bonds. The van der Waals surface area contributed by atoms with Crippen molar-refractivity contribution in [3.63, 3.8) is 0 Å². The van der Waals surface area contributed by atoms with Gasteiger partial charge in [-0.05, 0) is 52.7 Å². The molecule has 4 heteroatoms. The summed E-state index contributed by atoms with van der Waals surface area (Å²) in [7, 11) is 0. The van der Waals surface area contributed by atoms with Crippen LogP contribution >= 0.6 is 43.2 Å². The molecule has 0 fully saturated rings. The second kappa shape index (κ2) is 5.87. The topological polar surface area (TPSA) is 20.2 Å². The second-order valence-electron chi connectivity index (χ2n) is 4.68. The molecule has 0 aliphatic carbocycles. The van der Waals surface area contributed by atoms with Crippen LogP contribution in [0, 0.1) is 0 Å². The Morgan fingerprint density at radius 2 is 1.72 bits per heavy atom. The molecule has 0 saturated carbocycles. The summed E-state index contributed by atoms with van der Waals surface area (Å²) < 4.78 is 2.17. The van der Waals surface area contributed by atoms with E-state index in [2.05, 4.69) is 37.9 Å². The zero-order valence-electron chi connectivity index (χ0n) is 9.99. The minimum absolute atomic E-state index is 0.662. The molecule has 1 heterocycles. The molecular formula is C14H14Br2OS. The Bertz CT molecular complexity index is 517. The molecule has 1 N–H and O–H groups in total. The summed E-state index contributed by atoms with van der Waals surface area (Å²) in [4.78, 5) is 1.20. The van der Waals surface area contributed by atoms with Gasteiger partial charge >= 0.3 is 0 Å². The average Bonchev–Trinajstić information content (AvgIpc) is 2.66. The number of aliphatic hydroxyl groups is 1. The number of hydrogen-bond acceptors (Lipinski definition) is 2. The van der Waals surface area contributed by atoms with Crippen molar-refractivity contribution in [1.29, 1.82) is 0 Å². The van der Waals surface area contributed by atoms with Gasteiger partial charge in [-0.25, -0.2) is 0 Å². The maximum Gasteiger partial charge on any atom is 0.0707 e. The SMILES string of the molecule is CC(O)(Cc1ccc(Br)cc1)Cc1ccc(Br)s1. The summed E-state index contributed by atoms with van der Waals surface area (Å²) in [5, 5.41) is 10.5. The van der Waals surface area contributed by atoms with Crippen molar-refractivity contribution in [2.45, 2.75) is 25.4 Å². The van der Waals surface area contributed by atoms with Crippen LogP contribution in [0.3, 0.4) is 0 Å². The van der Waals surface area contributed by atoms with E-state index in [0.29, 0.717) is 12.8 Å². The van der Waals surface area contributed by atoms with Crippen molar-refractivity contribution in [2.24, 2.45) is 0 Å². The number of benzene rings is 1. The van der Waals surface area contributed by atoms with Crippen LogP contribution in [-0.2, 0) is 12.8 Å². The van der Waals surface area contributed by atoms with Gasteiger partial charge < -0.3 is 5.11 Å². The third-order valence-corrected chi connectivity index (χ3v) is 4.83. The lowest BCUT2D eigenvalue weighted by Gasteiger charge is -2.22. The minimum Gasteiger partial charge on any atom is -0.389 e. The van der Waals surface area contributed by atoms with Gasteiger partial charge in [-0.15, -0.1) is 11.3 Å². The quantitative estimate of drug-likeness (QED) is 0.795. The van der Waals surface area contributed by atoms with E-state index < -0.39 is 5.60 Å². The number of rotatable bonds is 4. The zero-order valence-corrected chi connectivity index (χ0v) is 14.0. The zero-order chi connectivity index (χ0) is 13.2. The summed E-state index contributed by atoms with van der Waals surface area (Å²) in [5.74, 6) is 0. The largest absolute Gasteiger partial charge is 0.389 e. The van der Waals surface area contributed by atoms with Crippen molar-refractivity contribution < 1.29 is 5.11 Å². The van der Waals surface area contributed by atoms with Crippen LogP contribution in [0.1, 0.15) is 17.4 Å². The average molecular weight is 390 g/mol. The van der Waals surface area contributed by atoms with Crippen molar-refractivity contribution >= 4 is 43.2 Å². The molecular weight excluding hydrogens is 376 g/mol. The highest BCUT2D eigenvalue weighted by molar-refractivity contribution is 9.11. The van der Waals surface area contributed by atoms with Crippen LogP contribution in [0.15, 0.2) is 44.7 Å². The van der Waals surface area contributed by atoms with Crippen LogP contribution in [0.4, 0.5) is 0 Å². The van der Waals surface area contributed by atoms with E-state index in [1.807, 2.05) is 37.3 Å². The standard InChI is InChI=1S/C14H14Br2OS/c1-14(17,9-12-6-7-13(16)18-12)8-10-2-4-11(15)5-3-10/h2-7,17H,8-9H2,1H3. The molecule has 1 aromatic heterocycles. The van der Waals surface area contributed by atoms with Crippen molar-refractivity contribution in [3.05, 3.63) is 55.1 Å². The maximum atomic E-state index is 10.5. The van der Waals surface area contributed by atoms with Gasteiger partial charge in [-0.1, -0.05) is 28.1 Å². The highest BCUT2D eigenvalue weighted by Gasteiger charge is 2.22. The Hall–Kier alpha value is -0.160. The first-order valence-electron chi connectivity index (χ1n) is 5.66. The van der Waals surface area contributed by atoms with E-state index >= 15 is 0 Å². The van der Waals surface area contributed by atoms with Gasteiger partial charge in [-0.2, -0.15) is 0 Å². The Morgan fingerprint density at radius 3 is 2.28 bits per heavy atom. The van der Waals surface area contributed by atoms with E-state index in [0.717, 1.165) is 13.8 Å². The predicted octanol–water partition coefficient (Wildman–Crippen LogP) is 4.81. The van der Waals surface area contributed by atoms with E-state index in [1.165, 1.54) is 4.88 Å². The summed E-state index contributed by atoms with van der Waals surface area (Å²) in [6.07, 6.45) is 1.34. The summed E-state index contributed by atoms with van der Waals surface area (Å²) >= 11 is 8.54. The molecule has 1 atom stereocenters. The van der Waals surface area contributed by atoms with Gasteiger partial charge in [0.15, 0.2) is 0 Å². The first-order valence-corrected chi connectivity index (χ1v) is 8.06. The van der Waals surface area contributed by atoms with Gasteiger partial charge in [0.05, 0.1) is 9.39 Å². The summed E-state index contributed by atoms with van der Waals surface area (Å²) in [6.45, 7) is 1.89. The molecule has 0 bridgehead atoms. The van der Waals surface area contributed by atoms with E-state index in [9.17, 15) is 5.11 Å². The van der Waals surface area contributed by atoms with Crippen LogP contribution in [-0.4, -0.2) is 10.7 Å². The molecule has 2 aromatic rings. The fourth-order valence-electron chi connectivity index (χ4n) is 1.93. The van der Waals surface area contributed by atoms with Crippen LogP contribution < -0.4 is 0 Å². The Kier molecular flexibility index (Phi) is 4.64. The lowest BCUT2D eigenvalue weighted by atomic mass is 9.93. The van der Waals surface area contributed by atoms with Crippen molar-refractivity contribution in [3.8, 4) is 0 Å². The highest BCUT2D eigenvalue weighted by Crippen LogP contribution is 2.27. The van der Waals surface area contributed by atoms with Crippen molar-refractivity contribution in [1.82, 2.24) is 0 Å². The number of hydrogen-bond donors (Lipinski definition) is 1. The number of thiophene rings is 1. The molecule has 1 aromatic carbocycles. The van der Waals surface area contributed by atoms with Gasteiger partial charge in [-0.3, -0.25) is 0 Å². The lowest BCUT2D eigenvalue weighted by Crippen LogP contribution is -2.29. The lowest BCUT2D eigenvalue weighted by molar-refractivity contribution is 0.0616. The monoisotopic (exact) mass is 388 g/mol. The molecule has 0 spiro atoms. The second-order valence-corrected chi connectivity index (χ2v) is 8.15. The van der Waals surface area contributed by atoms with Gasteiger partial charge in [0.25, 0.3) is 0 Å². The third kappa shape index (κ3) is 4.19. The smallest absolute Gasteiger partial charge is 0.0707 e. The molecule has 0 aliphatic heterocycles. The first-order chi connectivity index (χ1) is 8.44. The van der Waals surface area contributed by atoms with Crippen LogP contribution in [0.2, 0.25) is 0 Å². The fourth-order valence-corrected chi connectivity index (χ4v) is 3.85. The maximum absolute atomic E-state index is 10.5. The molecule has 1 nitrogen and oxygen atoms in total. The predicted molar refractivity (Wildman–Crippen MR) is 84.2 cm³/mol. The van der Waals surface area contributed by atoms with Crippen molar-refractivity contribution in [2.75, 3.05) is 0 Å². The molecule has 0 saturated heterocycles. The molecule has 0 radical (unpaired) electrons. The highest BCUT2D eigenvalue weighted by atomic mass is 79.9. The van der Waals surface area contributed by atoms with Gasteiger partial charge in [0, 0.05) is 22.2 Å². The number of halogens is 2. The van der Waals surface area contributed by atoms with E-state index in [1.54, 1.807) is 11.3 Å². The van der Waals surface area contributed by atoms with Crippen LogP contribution in [0.5, 0.6) is 0 Å².